The van der Waals surface area contributed by atoms with Gasteiger partial charge in [0.05, 0.1) is 24.5 Å². The standard InChI is InChI=1S/C19H24N4O3.CH2O2/c1-12-10-15(14(3)26-12)18(24)23-5-4-17-16(11-23)13(2)20-19(21-17)22-6-8-25-9-7-22;2-1-3/h10H,4-9,11H2,1-3H3;1H,(H,2,3). The Bertz CT molecular complexity index is 889. The molecule has 4 rings (SSSR count). The SMILES string of the molecule is Cc1cc(C(=O)N2CCc3nc(N4CCOCC4)nc(C)c3C2)c(C)o1.O=CO. The van der Waals surface area contributed by atoms with E-state index in [0.29, 0.717) is 37.6 Å². The largest absolute Gasteiger partial charge is 0.483 e. The number of anilines is 1. The number of carbonyl (C=O) groups excluding carboxylic acids is 1. The molecule has 4 heterocycles. The summed E-state index contributed by atoms with van der Waals surface area (Å²) in [6.07, 6.45) is 0.748. The molecule has 0 aliphatic carbocycles. The van der Waals surface area contributed by atoms with Crippen LogP contribution in [0, 0.1) is 20.8 Å². The van der Waals surface area contributed by atoms with Crippen molar-refractivity contribution in [3.05, 3.63) is 40.1 Å². The molecule has 2 aliphatic heterocycles. The number of carbonyl (C=O) groups is 2. The lowest BCUT2D eigenvalue weighted by molar-refractivity contribution is -0.122. The maximum Gasteiger partial charge on any atom is 0.290 e. The summed E-state index contributed by atoms with van der Waals surface area (Å²) in [5.41, 5.74) is 3.73. The molecular weight excluding hydrogens is 376 g/mol. The van der Waals surface area contributed by atoms with Crippen molar-refractivity contribution >= 4 is 18.3 Å². The summed E-state index contributed by atoms with van der Waals surface area (Å²) < 4.78 is 10.9. The van der Waals surface area contributed by atoms with Gasteiger partial charge < -0.3 is 24.1 Å². The number of hydrogen-bond acceptors (Lipinski definition) is 7. The normalized spacial score (nSPS) is 16.0. The van der Waals surface area contributed by atoms with Gasteiger partial charge in [-0.15, -0.1) is 0 Å². The molecule has 2 aromatic heterocycles. The zero-order valence-electron chi connectivity index (χ0n) is 17.0. The molecule has 0 saturated carbocycles. The fourth-order valence-corrected chi connectivity index (χ4v) is 3.65. The minimum absolute atomic E-state index is 0.0154. The van der Waals surface area contributed by atoms with Crippen LogP contribution >= 0.6 is 0 Å². The Morgan fingerprint density at radius 2 is 1.86 bits per heavy atom. The molecule has 1 saturated heterocycles. The molecule has 2 aromatic rings. The zero-order valence-corrected chi connectivity index (χ0v) is 17.0. The Labute approximate surface area is 169 Å². The Kier molecular flexibility index (Phi) is 6.48. The highest BCUT2D eigenvalue weighted by Gasteiger charge is 2.28. The first-order valence-electron chi connectivity index (χ1n) is 9.57. The van der Waals surface area contributed by atoms with Crippen molar-refractivity contribution in [3.8, 4) is 0 Å². The quantitative estimate of drug-likeness (QED) is 0.757. The van der Waals surface area contributed by atoms with Gasteiger partial charge in [-0.3, -0.25) is 9.59 Å². The number of rotatable bonds is 2. The van der Waals surface area contributed by atoms with E-state index in [1.165, 1.54) is 0 Å². The van der Waals surface area contributed by atoms with Gasteiger partial charge in [0, 0.05) is 43.9 Å². The van der Waals surface area contributed by atoms with Crippen LogP contribution < -0.4 is 4.90 Å². The minimum atomic E-state index is -0.250. The maximum absolute atomic E-state index is 12.9. The number of fused-ring (bicyclic) bond motifs is 1. The first-order chi connectivity index (χ1) is 13.9. The first kappa shape index (κ1) is 20.8. The Hall–Kier alpha value is -2.94. The lowest BCUT2D eigenvalue weighted by atomic mass is 10.0. The van der Waals surface area contributed by atoms with E-state index in [4.69, 9.17) is 29.0 Å². The van der Waals surface area contributed by atoms with Crippen molar-refractivity contribution in [3.63, 3.8) is 0 Å². The Morgan fingerprint density at radius 1 is 1.17 bits per heavy atom. The molecule has 1 fully saturated rings. The van der Waals surface area contributed by atoms with E-state index in [1.54, 1.807) is 0 Å². The van der Waals surface area contributed by atoms with Crippen LogP contribution in [0.1, 0.15) is 38.8 Å². The third-order valence-corrected chi connectivity index (χ3v) is 5.11. The van der Waals surface area contributed by atoms with Crippen molar-refractivity contribution in [2.75, 3.05) is 37.7 Å². The third-order valence-electron chi connectivity index (χ3n) is 5.11. The number of hydrogen-bond donors (Lipinski definition) is 1. The highest BCUT2D eigenvalue weighted by molar-refractivity contribution is 5.95. The summed E-state index contributed by atoms with van der Waals surface area (Å²) in [4.78, 5) is 34.8. The van der Waals surface area contributed by atoms with Gasteiger partial charge in [-0.25, -0.2) is 9.97 Å². The van der Waals surface area contributed by atoms with Crippen molar-refractivity contribution in [2.45, 2.75) is 33.7 Å². The summed E-state index contributed by atoms with van der Waals surface area (Å²) in [5.74, 6) is 2.24. The molecule has 1 N–H and O–H groups in total. The summed E-state index contributed by atoms with van der Waals surface area (Å²) >= 11 is 0. The number of morpholine rings is 1. The van der Waals surface area contributed by atoms with Gasteiger partial charge >= 0.3 is 0 Å². The van der Waals surface area contributed by atoms with Crippen LogP contribution in [0.5, 0.6) is 0 Å². The van der Waals surface area contributed by atoms with Gasteiger partial charge in [-0.05, 0) is 26.8 Å². The average molecular weight is 402 g/mol. The van der Waals surface area contributed by atoms with Gasteiger partial charge in [0.25, 0.3) is 12.4 Å². The average Bonchev–Trinajstić information content (AvgIpc) is 3.06. The van der Waals surface area contributed by atoms with Gasteiger partial charge in [0.15, 0.2) is 0 Å². The van der Waals surface area contributed by atoms with E-state index >= 15 is 0 Å². The monoisotopic (exact) mass is 402 g/mol. The van der Waals surface area contributed by atoms with E-state index in [2.05, 4.69) is 4.90 Å². The van der Waals surface area contributed by atoms with Crippen molar-refractivity contribution in [1.29, 1.82) is 0 Å². The smallest absolute Gasteiger partial charge is 0.290 e. The summed E-state index contributed by atoms with van der Waals surface area (Å²) in [6.45, 7) is 9.73. The molecule has 1 amide bonds. The van der Waals surface area contributed by atoms with Crippen LogP contribution in [0.3, 0.4) is 0 Å². The predicted octanol–water partition coefficient (Wildman–Crippen LogP) is 1.73. The van der Waals surface area contributed by atoms with Crippen LogP contribution in [0.15, 0.2) is 10.5 Å². The molecule has 0 atom stereocenters. The number of nitrogens with zero attached hydrogens (tertiary/aromatic N) is 4. The van der Waals surface area contributed by atoms with Gasteiger partial charge in [0.2, 0.25) is 5.95 Å². The van der Waals surface area contributed by atoms with Crippen LogP contribution in [0.4, 0.5) is 5.95 Å². The molecule has 2 aliphatic rings. The molecule has 0 unspecified atom stereocenters. The van der Waals surface area contributed by atoms with Crippen molar-refractivity contribution in [2.24, 2.45) is 0 Å². The number of aromatic nitrogens is 2. The fraction of sp³-hybridized carbons (Fsp3) is 0.500. The van der Waals surface area contributed by atoms with E-state index in [0.717, 1.165) is 48.2 Å². The number of ether oxygens (including phenoxy) is 1. The lowest BCUT2D eigenvalue weighted by Crippen LogP contribution is -2.39. The number of carboxylic acid groups (broad SMARTS) is 1. The van der Waals surface area contributed by atoms with Crippen LogP contribution in [-0.4, -0.2) is 65.2 Å². The molecule has 0 radical (unpaired) electrons. The maximum atomic E-state index is 12.9. The van der Waals surface area contributed by atoms with Crippen LogP contribution in [-0.2, 0) is 22.5 Å². The van der Waals surface area contributed by atoms with E-state index in [9.17, 15) is 4.79 Å². The zero-order chi connectivity index (χ0) is 21.0. The Morgan fingerprint density at radius 3 is 2.48 bits per heavy atom. The molecule has 156 valence electrons. The molecule has 29 heavy (non-hydrogen) atoms. The second-order valence-corrected chi connectivity index (χ2v) is 7.04. The van der Waals surface area contributed by atoms with E-state index in [1.807, 2.05) is 31.7 Å². The van der Waals surface area contributed by atoms with Crippen LogP contribution in [0.25, 0.3) is 0 Å². The molecule has 0 bridgehead atoms. The van der Waals surface area contributed by atoms with Crippen molar-refractivity contribution in [1.82, 2.24) is 14.9 Å². The van der Waals surface area contributed by atoms with Gasteiger partial charge in [0.1, 0.15) is 11.5 Å². The number of amides is 1. The van der Waals surface area contributed by atoms with Gasteiger partial charge in [-0.1, -0.05) is 0 Å². The molecular formula is C20H26N4O5. The number of furan rings is 1. The first-order valence-corrected chi connectivity index (χ1v) is 9.57. The number of aryl methyl sites for hydroxylation is 3. The molecule has 0 aromatic carbocycles. The fourth-order valence-electron chi connectivity index (χ4n) is 3.65. The topological polar surface area (TPSA) is 109 Å². The second-order valence-electron chi connectivity index (χ2n) is 7.04. The summed E-state index contributed by atoms with van der Waals surface area (Å²) in [6, 6.07) is 1.82. The molecule has 9 heteroatoms. The summed E-state index contributed by atoms with van der Waals surface area (Å²) in [7, 11) is 0. The molecule has 9 nitrogen and oxygen atoms in total. The van der Waals surface area contributed by atoms with Gasteiger partial charge in [-0.2, -0.15) is 0 Å². The van der Waals surface area contributed by atoms with E-state index in [-0.39, 0.29) is 12.4 Å². The Balaban J connectivity index is 0.000000755. The minimum Gasteiger partial charge on any atom is -0.483 e. The highest BCUT2D eigenvalue weighted by Crippen LogP contribution is 2.25. The highest BCUT2D eigenvalue weighted by atomic mass is 16.5. The predicted molar refractivity (Wildman–Crippen MR) is 105 cm³/mol. The van der Waals surface area contributed by atoms with E-state index < -0.39 is 0 Å². The second kappa shape index (κ2) is 9.04. The van der Waals surface area contributed by atoms with Crippen LogP contribution in [0.2, 0.25) is 0 Å². The third kappa shape index (κ3) is 4.56. The lowest BCUT2D eigenvalue weighted by Gasteiger charge is -2.31. The van der Waals surface area contributed by atoms with Crippen molar-refractivity contribution < 1.29 is 23.8 Å². The molecule has 0 spiro atoms. The summed E-state index contributed by atoms with van der Waals surface area (Å²) in [5, 5.41) is 6.89.